The third kappa shape index (κ3) is 20.9. The molecule has 6 aromatic carbocycles. The van der Waals surface area contributed by atoms with Crippen LogP contribution in [0.4, 0.5) is 0 Å². The summed E-state index contributed by atoms with van der Waals surface area (Å²) in [6.07, 6.45) is 12.8. The Morgan fingerprint density at radius 2 is 0.688 bits per heavy atom. The maximum atomic E-state index is 4.00. The average Bonchev–Trinajstić information content (AvgIpc) is 3.22. The molecule has 0 radical (unpaired) electrons. The quantitative estimate of drug-likeness (QED) is 0.131. The van der Waals surface area contributed by atoms with Crippen LogP contribution in [0.2, 0.25) is 0 Å². The van der Waals surface area contributed by atoms with Crippen molar-refractivity contribution in [1.82, 2.24) is 0 Å². The molecule has 6 aromatic rings. The van der Waals surface area contributed by atoms with Gasteiger partial charge in [0, 0.05) is 8.77 Å². The fourth-order valence-corrected chi connectivity index (χ4v) is 3.95. The Balaban J connectivity index is -0.000000548. The maximum absolute atomic E-state index is 4.00. The Kier molecular flexibility index (Phi) is 27.3. The van der Waals surface area contributed by atoms with Gasteiger partial charge in [-0.2, -0.15) is 0 Å². The van der Waals surface area contributed by atoms with Crippen molar-refractivity contribution in [2.45, 2.75) is 26.2 Å². The lowest BCUT2D eigenvalue weighted by Crippen LogP contribution is -1.94. The van der Waals surface area contributed by atoms with Crippen LogP contribution in [0, 0.1) is 12.8 Å². The molecule has 6 rings (SSSR count). The zero-order valence-corrected chi connectivity index (χ0v) is 28.8. The largest absolute Gasteiger partial charge is 0.124 e. The highest BCUT2D eigenvalue weighted by Gasteiger charge is 2.05. The molecule has 0 aromatic heterocycles. The highest BCUT2D eigenvalue weighted by molar-refractivity contribution is 5.46. The van der Waals surface area contributed by atoms with E-state index in [0.29, 0.717) is 5.92 Å². The first-order chi connectivity index (χ1) is 23.7. The lowest BCUT2D eigenvalue weighted by Gasteiger charge is -2.11. The van der Waals surface area contributed by atoms with E-state index in [0.717, 1.165) is 6.42 Å². The molecule has 0 aliphatic rings. The van der Waals surface area contributed by atoms with Crippen LogP contribution < -0.4 is 0 Å². The zero-order valence-electron chi connectivity index (χ0n) is 28.8. The molecular weight excluding hydrogens is 577 g/mol. The van der Waals surface area contributed by atoms with Gasteiger partial charge >= 0.3 is 0 Å². The molecule has 0 saturated carbocycles. The molecule has 0 bridgehead atoms. The van der Waals surface area contributed by atoms with Gasteiger partial charge in [0.1, 0.15) is 0 Å². The topological polar surface area (TPSA) is 0 Å². The van der Waals surface area contributed by atoms with Crippen LogP contribution in [0.3, 0.4) is 0 Å². The van der Waals surface area contributed by atoms with Gasteiger partial charge in [-0.15, -0.1) is 26.0 Å². The first-order valence-corrected chi connectivity index (χ1v) is 16.0. The number of hydrogen-bond donors (Lipinski definition) is 0. The number of terminal acetylenes is 1. The van der Waals surface area contributed by atoms with E-state index in [4.69, 9.17) is 0 Å². The summed E-state index contributed by atoms with van der Waals surface area (Å²) in [5.41, 5.74) is 6.50. The van der Waals surface area contributed by atoms with Crippen molar-refractivity contribution in [3.05, 3.63) is 242 Å². The minimum absolute atomic E-state index is 0. The lowest BCUT2D eigenvalue weighted by atomic mass is 9.93. The highest BCUT2D eigenvalue weighted by Crippen LogP contribution is 2.22. The SMILES string of the molecule is C#C.C=C.C=Cc1ccccc1.C=Cc1ccccc1.CC(c1ccccc1)c1ccccc1.CCc1ccccc1.[HH].[HH].c1ccccc1. The van der Waals surface area contributed by atoms with Crippen molar-refractivity contribution < 1.29 is 2.85 Å². The third-order valence-electron chi connectivity index (χ3n) is 6.59. The van der Waals surface area contributed by atoms with E-state index < -0.39 is 0 Å². The molecule has 0 aliphatic carbocycles. The first kappa shape index (κ1) is 42.1. The van der Waals surface area contributed by atoms with Gasteiger partial charge in [-0.05, 0) is 34.2 Å². The molecule has 0 nitrogen and oxygen atoms in total. The van der Waals surface area contributed by atoms with E-state index in [2.05, 4.69) is 138 Å². The summed E-state index contributed by atoms with van der Waals surface area (Å²) in [6, 6.07) is 63.7. The van der Waals surface area contributed by atoms with Gasteiger partial charge in [-0.1, -0.05) is 227 Å². The molecule has 48 heavy (non-hydrogen) atoms. The molecule has 0 amide bonds. The van der Waals surface area contributed by atoms with E-state index in [1.807, 2.05) is 115 Å². The van der Waals surface area contributed by atoms with Crippen molar-refractivity contribution in [1.29, 1.82) is 0 Å². The minimum Gasteiger partial charge on any atom is -0.124 e. The molecule has 0 atom stereocenters. The highest BCUT2D eigenvalue weighted by atomic mass is 14.1. The number of hydrogen-bond acceptors (Lipinski definition) is 0. The van der Waals surface area contributed by atoms with Crippen LogP contribution in [0.25, 0.3) is 12.2 Å². The van der Waals surface area contributed by atoms with E-state index in [1.165, 1.54) is 27.8 Å². The van der Waals surface area contributed by atoms with E-state index >= 15 is 0 Å². The summed E-state index contributed by atoms with van der Waals surface area (Å²) in [5.74, 6) is 0.484. The summed E-state index contributed by atoms with van der Waals surface area (Å²) in [7, 11) is 0. The van der Waals surface area contributed by atoms with Gasteiger partial charge in [-0.25, -0.2) is 0 Å². The van der Waals surface area contributed by atoms with Gasteiger partial charge in [-0.3, -0.25) is 0 Å². The minimum atomic E-state index is 0. The van der Waals surface area contributed by atoms with Crippen LogP contribution in [0.1, 0.15) is 50.4 Å². The van der Waals surface area contributed by atoms with Crippen molar-refractivity contribution in [3.8, 4) is 12.8 Å². The van der Waals surface area contributed by atoms with Gasteiger partial charge < -0.3 is 0 Å². The molecule has 0 heterocycles. The third-order valence-corrected chi connectivity index (χ3v) is 6.59. The summed E-state index contributed by atoms with van der Waals surface area (Å²) in [6.45, 7) is 17.7. The van der Waals surface area contributed by atoms with Crippen LogP contribution in [0.5, 0.6) is 0 Å². The Morgan fingerprint density at radius 1 is 0.458 bits per heavy atom. The van der Waals surface area contributed by atoms with E-state index in [9.17, 15) is 0 Å². The smallest absolute Gasteiger partial charge is 0.00610 e. The molecule has 0 fully saturated rings. The molecule has 0 saturated heterocycles. The molecule has 0 unspecified atom stereocenters. The summed E-state index contributed by atoms with van der Waals surface area (Å²) in [5, 5.41) is 0. The Morgan fingerprint density at radius 3 is 0.896 bits per heavy atom. The molecule has 248 valence electrons. The van der Waals surface area contributed by atoms with Crippen LogP contribution in [-0.4, -0.2) is 0 Å². The second-order valence-corrected chi connectivity index (χ2v) is 9.77. The normalized spacial score (nSPS) is 8.52. The van der Waals surface area contributed by atoms with Crippen LogP contribution in [0.15, 0.2) is 214 Å². The average molecular weight is 633 g/mol. The Labute approximate surface area is 295 Å². The van der Waals surface area contributed by atoms with Gasteiger partial charge in [0.25, 0.3) is 0 Å². The summed E-state index contributed by atoms with van der Waals surface area (Å²) >= 11 is 0. The number of benzene rings is 6. The molecular formula is C48H56. The second-order valence-electron chi connectivity index (χ2n) is 9.77. The molecule has 0 spiro atoms. The van der Waals surface area contributed by atoms with Crippen molar-refractivity contribution in [3.63, 3.8) is 0 Å². The van der Waals surface area contributed by atoms with Crippen LogP contribution in [-0.2, 0) is 6.42 Å². The first-order valence-electron chi connectivity index (χ1n) is 16.0. The number of rotatable bonds is 5. The molecule has 0 N–H and O–H groups in total. The Hall–Kier alpha value is -5.90. The Bertz CT molecular complexity index is 1440. The molecule has 0 heteroatoms. The van der Waals surface area contributed by atoms with E-state index in [1.54, 1.807) is 0 Å². The standard InChI is InChI=1S/C14H14.C8H10.2C8H8.C6H6.C2H4.C2H2.2H2/c1-12(13-8-4-2-5-9-13)14-10-6-3-7-11-14;3*1-2-8-6-4-3-5-7-8;1-2-4-6-5-3-1;2*1-2;;/h2-12H,1H3;3-7H,2H2,1H3;2*2-7H,1H2;1-6H;1-2H2;1-2H;2*1H. The monoisotopic (exact) mass is 632 g/mol. The van der Waals surface area contributed by atoms with Crippen molar-refractivity contribution in [2.75, 3.05) is 0 Å². The van der Waals surface area contributed by atoms with Crippen molar-refractivity contribution >= 4 is 12.2 Å². The van der Waals surface area contributed by atoms with Crippen LogP contribution >= 0.6 is 0 Å². The van der Waals surface area contributed by atoms with Gasteiger partial charge in [0.2, 0.25) is 0 Å². The number of aryl methyl sites for hydroxylation is 1. The summed E-state index contributed by atoms with van der Waals surface area (Å²) < 4.78 is 0. The van der Waals surface area contributed by atoms with Gasteiger partial charge in [0.05, 0.1) is 0 Å². The fraction of sp³-hybridized carbons (Fsp3) is 0.0833. The summed E-state index contributed by atoms with van der Waals surface area (Å²) in [4.78, 5) is 0. The molecule has 0 aliphatic heterocycles. The second kappa shape index (κ2) is 31.1. The van der Waals surface area contributed by atoms with Gasteiger partial charge in [0.15, 0.2) is 0 Å². The predicted octanol–water partition coefficient (Wildman–Crippen LogP) is 14.0. The lowest BCUT2D eigenvalue weighted by molar-refractivity contribution is 0.922. The van der Waals surface area contributed by atoms with E-state index in [-0.39, 0.29) is 2.85 Å². The predicted molar refractivity (Wildman–Crippen MR) is 221 cm³/mol. The fourth-order valence-electron chi connectivity index (χ4n) is 3.95. The van der Waals surface area contributed by atoms with Crippen molar-refractivity contribution in [2.24, 2.45) is 0 Å². The maximum Gasteiger partial charge on any atom is 0.00610 e. The zero-order chi connectivity index (χ0) is 35.5.